The van der Waals surface area contributed by atoms with Gasteiger partial charge < -0.3 is 25.2 Å². The maximum Gasteiger partial charge on any atom is 0.242 e. The van der Waals surface area contributed by atoms with Crippen molar-refractivity contribution in [3.63, 3.8) is 0 Å². The molecule has 9 heteroatoms. The van der Waals surface area contributed by atoms with Gasteiger partial charge in [-0.15, -0.1) is 11.8 Å². The van der Waals surface area contributed by atoms with E-state index >= 15 is 0 Å². The normalized spacial score (nSPS) is 30.2. The molecule has 0 radical (unpaired) electrons. The molecular weight excluding hydrogens is 450 g/mol. The molecule has 0 aliphatic carbocycles. The first-order chi connectivity index (χ1) is 14.7. The Morgan fingerprint density at radius 1 is 1.10 bits per heavy atom. The first kappa shape index (κ1) is 22.9. The molecule has 2 aliphatic rings. The van der Waals surface area contributed by atoms with E-state index in [1.54, 1.807) is 30.3 Å². The quantitative estimate of drug-likeness (QED) is 0.535. The van der Waals surface area contributed by atoms with Crippen molar-refractivity contribution in [3.05, 3.63) is 69.2 Å². The van der Waals surface area contributed by atoms with Crippen molar-refractivity contribution < 1.29 is 33.9 Å². The summed E-state index contributed by atoms with van der Waals surface area (Å²) in [5.41, 5.74) is 3.58. The van der Waals surface area contributed by atoms with Crippen LogP contribution in [0.4, 0.5) is 8.78 Å². The van der Waals surface area contributed by atoms with Gasteiger partial charge in [-0.05, 0) is 40.8 Å². The summed E-state index contributed by atoms with van der Waals surface area (Å²) >= 11 is 7.56. The molecule has 1 spiro atoms. The first-order valence-electron chi connectivity index (χ1n) is 9.89. The highest BCUT2D eigenvalue weighted by atomic mass is 35.5. The van der Waals surface area contributed by atoms with E-state index in [1.165, 1.54) is 0 Å². The zero-order chi connectivity index (χ0) is 22.3. The molecule has 1 saturated heterocycles. The molecule has 0 saturated carbocycles. The van der Waals surface area contributed by atoms with Gasteiger partial charge >= 0.3 is 0 Å². The molecule has 0 amide bonds. The average molecular weight is 473 g/mol. The van der Waals surface area contributed by atoms with Gasteiger partial charge in [0.05, 0.1) is 24.6 Å². The van der Waals surface area contributed by atoms with E-state index in [0.29, 0.717) is 22.6 Å². The summed E-state index contributed by atoms with van der Waals surface area (Å²) in [7, 11) is 0. The van der Waals surface area contributed by atoms with E-state index in [9.17, 15) is 29.2 Å². The Morgan fingerprint density at radius 3 is 2.42 bits per heavy atom. The highest BCUT2D eigenvalue weighted by Crippen LogP contribution is 2.54. The molecule has 2 aromatic carbocycles. The fourth-order valence-corrected chi connectivity index (χ4v) is 5.98. The fourth-order valence-electron chi connectivity index (χ4n) is 4.18. The largest absolute Gasteiger partial charge is 0.395 e. The number of halogens is 3. The van der Waals surface area contributed by atoms with Gasteiger partial charge in [-0.3, -0.25) is 0 Å². The third-order valence-corrected chi connectivity index (χ3v) is 7.86. The number of hydrogen-bond acceptors (Lipinski definition) is 6. The van der Waals surface area contributed by atoms with Gasteiger partial charge in [0.25, 0.3) is 0 Å². The van der Waals surface area contributed by atoms with Crippen molar-refractivity contribution in [2.24, 2.45) is 0 Å². The maximum absolute atomic E-state index is 12.6. The zero-order valence-electron chi connectivity index (χ0n) is 16.4. The van der Waals surface area contributed by atoms with Crippen LogP contribution in [-0.4, -0.2) is 57.0 Å². The molecular formula is C22H23ClF2O5S. The monoisotopic (exact) mass is 472 g/mol. The molecule has 4 rings (SSSR count). The number of rotatable bonds is 5. The predicted molar refractivity (Wildman–Crippen MR) is 113 cm³/mol. The van der Waals surface area contributed by atoms with Crippen LogP contribution in [0.25, 0.3) is 0 Å². The number of ether oxygens (including phenoxy) is 1. The smallest absolute Gasteiger partial charge is 0.242 e. The second kappa shape index (κ2) is 8.94. The number of benzene rings is 2. The summed E-state index contributed by atoms with van der Waals surface area (Å²) in [5, 5.41) is 40.7. The SMILES string of the molecule is OC[C@H]1S[C@]2(OCc3cc(Cl)c(Cc4ccc(CC(F)F)cc4)cc32)[C@H](O)[C@@H](O)[C@@H]1O. The summed E-state index contributed by atoms with van der Waals surface area (Å²) in [6.45, 7) is -0.218. The van der Waals surface area contributed by atoms with Gasteiger partial charge in [0.1, 0.15) is 12.2 Å². The van der Waals surface area contributed by atoms with E-state index in [4.69, 9.17) is 16.3 Å². The van der Waals surface area contributed by atoms with Crippen molar-refractivity contribution in [1.82, 2.24) is 0 Å². The zero-order valence-corrected chi connectivity index (χ0v) is 18.0. The Morgan fingerprint density at radius 2 is 1.77 bits per heavy atom. The minimum Gasteiger partial charge on any atom is -0.395 e. The Labute approximate surface area is 187 Å². The minimum atomic E-state index is -2.40. The van der Waals surface area contributed by atoms with E-state index in [2.05, 4.69) is 0 Å². The van der Waals surface area contributed by atoms with Crippen molar-refractivity contribution in [1.29, 1.82) is 0 Å². The summed E-state index contributed by atoms with van der Waals surface area (Å²) in [5.74, 6) is 0. The van der Waals surface area contributed by atoms with Gasteiger partial charge in [0.2, 0.25) is 6.43 Å². The molecule has 4 N–H and O–H groups in total. The van der Waals surface area contributed by atoms with Crippen molar-refractivity contribution in [2.45, 2.75) is 54.4 Å². The lowest BCUT2D eigenvalue weighted by Crippen LogP contribution is -2.58. The van der Waals surface area contributed by atoms with Gasteiger partial charge in [-0.2, -0.15) is 0 Å². The number of fused-ring (bicyclic) bond motifs is 2. The van der Waals surface area contributed by atoms with Crippen LogP contribution in [0.2, 0.25) is 5.02 Å². The molecule has 0 unspecified atom stereocenters. The number of aliphatic hydroxyl groups is 4. The lowest BCUT2D eigenvalue weighted by molar-refractivity contribution is -0.147. The molecule has 31 heavy (non-hydrogen) atoms. The van der Waals surface area contributed by atoms with Gasteiger partial charge in [0, 0.05) is 17.0 Å². The minimum absolute atomic E-state index is 0.169. The van der Waals surface area contributed by atoms with E-state index in [0.717, 1.165) is 28.5 Å². The topological polar surface area (TPSA) is 90.2 Å². The number of thioether (sulfide) groups is 1. The Balaban J connectivity index is 1.65. The molecule has 2 aliphatic heterocycles. The molecule has 2 heterocycles. The lowest BCUT2D eigenvalue weighted by atomic mass is 9.91. The van der Waals surface area contributed by atoms with Crippen LogP contribution in [0.1, 0.15) is 27.8 Å². The van der Waals surface area contributed by atoms with Crippen LogP contribution in [-0.2, 0) is 29.1 Å². The molecule has 5 nitrogen and oxygen atoms in total. The van der Waals surface area contributed by atoms with Crippen LogP contribution >= 0.6 is 23.4 Å². The van der Waals surface area contributed by atoms with Gasteiger partial charge in [0.15, 0.2) is 4.93 Å². The van der Waals surface area contributed by atoms with Crippen molar-refractivity contribution in [2.75, 3.05) is 6.61 Å². The number of alkyl halides is 2. The van der Waals surface area contributed by atoms with Crippen LogP contribution in [0.15, 0.2) is 36.4 Å². The van der Waals surface area contributed by atoms with Crippen LogP contribution in [0.3, 0.4) is 0 Å². The van der Waals surface area contributed by atoms with Gasteiger partial charge in [-0.1, -0.05) is 35.9 Å². The Bertz CT molecular complexity index is 942. The molecule has 1 fully saturated rings. The van der Waals surface area contributed by atoms with Gasteiger partial charge in [-0.25, -0.2) is 8.78 Å². The highest BCUT2D eigenvalue weighted by Gasteiger charge is 2.57. The number of aliphatic hydroxyl groups excluding tert-OH is 4. The third-order valence-electron chi connectivity index (χ3n) is 5.85. The van der Waals surface area contributed by atoms with Crippen molar-refractivity contribution >= 4 is 23.4 Å². The Hall–Kier alpha value is -1.26. The lowest BCUT2D eigenvalue weighted by Gasteiger charge is -2.45. The second-order valence-electron chi connectivity index (χ2n) is 7.91. The second-order valence-corrected chi connectivity index (χ2v) is 9.77. The average Bonchev–Trinajstić information content (AvgIpc) is 3.08. The molecule has 0 aromatic heterocycles. The third kappa shape index (κ3) is 4.23. The van der Waals surface area contributed by atoms with E-state index in [1.807, 2.05) is 6.07 Å². The van der Waals surface area contributed by atoms with Crippen LogP contribution in [0.5, 0.6) is 0 Å². The summed E-state index contributed by atoms with van der Waals surface area (Å²) in [4.78, 5) is -1.33. The van der Waals surface area contributed by atoms with E-state index in [-0.39, 0.29) is 19.6 Å². The summed E-state index contributed by atoms with van der Waals surface area (Å²) in [6, 6.07) is 10.5. The summed E-state index contributed by atoms with van der Waals surface area (Å²) in [6.07, 6.45) is -6.43. The van der Waals surface area contributed by atoms with Crippen LogP contribution < -0.4 is 0 Å². The maximum atomic E-state index is 12.6. The first-order valence-corrected chi connectivity index (χ1v) is 11.2. The predicted octanol–water partition coefficient (Wildman–Crippen LogP) is 2.61. The summed E-state index contributed by atoms with van der Waals surface area (Å²) < 4.78 is 31.0. The fraction of sp³-hybridized carbons (Fsp3) is 0.455. The molecule has 2 aromatic rings. The number of hydrogen-bond donors (Lipinski definition) is 4. The Kier molecular flexibility index (Phi) is 6.61. The molecule has 168 valence electrons. The standard InChI is InChI=1S/C22H23ClF2O5S/c23-16-8-14-10-30-22(21(29)20(28)19(27)17(9-26)31-22)15(14)7-13(16)5-11-1-3-12(4-2-11)6-18(24)25/h1-4,7-8,17-21,26-29H,5-6,9-10H2/t17-,19-,20+,21-,22+/m1/s1. The van der Waals surface area contributed by atoms with Crippen LogP contribution in [0, 0.1) is 0 Å². The highest BCUT2D eigenvalue weighted by molar-refractivity contribution is 8.00. The molecule has 0 bridgehead atoms. The van der Waals surface area contributed by atoms with Crippen molar-refractivity contribution in [3.8, 4) is 0 Å². The molecule has 5 atom stereocenters. The van der Waals surface area contributed by atoms with E-state index < -0.39 is 34.9 Å².